The number of ether oxygens (including phenoxy) is 2. The first-order chi connectivity index (χ1) is 12.0. The molecule has 1 fully saturated rings. The first kappa shape index (κ1) is 16.5. The summed E-state index contributed by atoms with van der Waals surface area (Å²) in [6, 6.07) is 6.89. The Balaban J connectivity index is 2.02. The molecule has 25 heavy (non-hydrogen) atoms. The van der Waals surface area contributed by atoms with Gasteiger partial charge in [-0.1, -0.05) is 0 Å². The number of hydrogen-bond acceptors (Lipinski definition) is 8. The number of carbonyl (C=O) groups is 1. The number of aromatic nitrogens is 2. The minimum atomic E-state index is -0.262. The molecule has 1 aromatic heterocycles. The molecule has 0 unspecified atom stereocenters. The Hall–Kier alpha value is -3.34. The topological polar surface area (TPSA) is 137 Å². The Labute approximate surface area is 144 Å². The van der Waals surface area contributed by atoms with Crippen LogP contribution >= 0.6 is 0 Å². The van der Waals surface area contributed by atoms with E-state index in [9.17, 15) is 10.1 Å². The highest BCUT2D eigenvalue weighted by molar-refractivity contribution is 5.79. The standard InChI is InChI=1S/C17H17N5O3/c1-2-24-13-7-10(5-6-12(13)25-16(23)9-3-4-9)14-11(8-18)15(19)22-17(20)21-14/h5-7,9H,2-4H2,1H3,(H4,19,20,21,22). The summed E-state index contributed by atoms with van der Waals surface area (Å²) in [6.45, 7) is 2.21. The SMILES string of the molecule is CCOc1cc(-c2nc(N)nc(N)c2C#N)ccc1OC(=O)C1CC1. The smallest absolute Gasteiger partial charge is 0.314 e. The molecule has 0 radical (unpaired) electrons. The summed E-state index contributed by atoms with van der Waals surface area (Å²) in [6.07, 6.45) is 1.71. The van der Waals surface area contributed by atoms with Gasteiger partial charge in [-0.15, -0.1) is 0 Å². The third-order valence-corrected chi connectivity index (χ3v) is 3.70. The fraction of sp³-hybridized carbons (Fsp3) is 0.294. The van der Waals surface area contributed by atoms with Crippen LogP contribution in [0.3, 0.4) is 0 Å². The van der Waals surface area contributed by atoms with E-state index in [1.54, 1.807) is 18.2 Å². The molecule has 8 nitrogen and oxygen atoms in total. The number of nitrogens with two attached hydrogens (primary N) is 2. The van der Waals surface area contributed by atoms with Gasteiger partial charge < -0.3 is 20.9 Å². The van der Waals surface area contributed by atoms with E-state index in [1.165, 1.54) is 0 Å². The predicted molar refractivity (Wildman–Crippen MR) is 90.5 cm³/mol. The van der Waals surface area contributed by atoms with Gasteiger partial charge in [0.05, 0.1) is 18.2 Å². The van der Waals surface area contributed by atoms with Gasteiger partial charge in [0.1, 0.15) is 17.5 Å². The van der Waals surface area contributed by atoms with E-state index in [0.29, 0.717) is 29.4 Å². The molecule has 0 atom stereocenters. The average Bonchev–Trinajstić information content (AvgIpc) is 3.41. The molecule has 0 bridgehead atoms. The summed E-state index contributed by atoms with van der Waals surface area (Å²) in [7, 11) is 0. The molecule has 0 aliphatic heterocycles. The van der Waals surface area contributed by atoms with Gasteiger partial charge in [-0.3, -0.25) is 4.79 Å². The third kappa shape index (κ3) is 3.45. The van der Waals surface area contributed by atoms with Gasteiger partial charge in [0.15, 0.2) is 11.5 Å². The van der Waals surface area contributed by atoms with Gasteiger partial charge in [0.2, 0.25) is 5.95 Å². The van der Waals surface area contributed by atoms with Crippen LogP contribution in [-0.4, -0.2) is 22.5 Å². The van der Waals surface area contributed by atoms with Crippen LogP contribution in [0.1, 0.15) is 25.3 Å². The molecule has 1 heterocycles. The van der Waals surface area contributed by atoms with E-state index in [2.05, 4.69) is 9.97 Å². The number of benzene rings is 1. The van der Waals surface area contributed by atoms with Crippen molar-refractivity contribution < 1.29 is 14.3 Å². The molecule has 8 heteroatoms. The van der Waals surface area contributed by atoms with Crippen molar-refractivity contribution in [1.82, 2.24) is 9.97 Å². The molecule has 2 aromatic rings. The number of esters is 1. The van der Waals surface area contributed by atoms with Crippen molar-refractivity contribution in [3.63, 3.8) is 0 Å². The maximum Gasteiger partial charge on any atom is 0.314 e. The molecule has 4 N–H and O–H groups in total. The van der Waals surface area contributed by atoms with Crippen LogP contribution in [0.2, 0.25) is 0 Å². The van der Waals surface area contributed by atoms with Crippen LogP contribution in [0.25, 0.3) is 11.3 Å². The van der Waals surface area contributed by atoms with E-state index in [-0.39, 0.29) is 29.2 Å². The molecule has 3 rings (SSSR count). The second kappa shape index (κ2) is 6.65. The molecule has 0 saturated heterocycles. The quantitative estimate of drug-likeness (QED) is 0.622. The number of rotatable bonds is 5. The largest absolute Gasteiger partial charge is 0.490 e. The molecular formula is C17H17N5O3. The van der Waals surface area contributed by atoms with Crippen LogP contribution in [0, 0.1) is 17.2 Å². The van der Waals surface area contributed by atoms with Crippen molar-refractivity contribution in [1.29, 1.82) is 5.26 Å². The Morgan fingerprint density at radius 1 is 1.32 bits per heavy atom. The number of nitriles is 1. The minimum Gasteiger partial charge on any atom is -0.490 e. The van der Waals surface area contributed by atoms with Crippen molar-refractivity contribution in [2.75, 3.05) is 18.1 Å². The number of nitrogen functional groups attached to an aromatic ring is 2. The van der Waals surface area contributed by atoms with Gasteiger partial charge in [0.25, 0.3) is 0 Å². The number of nitrogens with zero attached hydrogens (tertiary/aromatic N) is 3. The zero-order valence-corrected chi connectivity index (χ0v) is 13.7. The van der Waals surface area contributed by atoms with E-state index in [0.717, 1.165) is 12.8 Å². The molecule has 0 amide bonds. The summed E-state index contributed by atoms with van der Waals surface area (Å²) in [5.41, 5.74) is 12.4. The summed E-state index contributed by atoms with van der Waals surface area (Å²) >= 11 is 0. The van der Waals surface area contributed by atoms with Crippen LogP contribution in [0.15, 0.2) is 18.2 Å². The fourth-order valence-electron chi connectivity index (χ4n) is 2.33. The van der Waals surface area contributed by atoms with Crippen LogP contribution < -0.4 is 20.9 Å². The van der Waals surface area contributed by atoms with Crippen molar-refractivity contribution in [2.45, 2.75) is 19.8 Å². The van der Waals surface area contributed by atoms with Gasteiger partial charge in [-0.2, -0.15) is 10.2 Å². The maximum atomic E-state index is 11.9. The maximum absolute atomic E-state index is 11.9. The Morgan fingerprint density at radius 2 is 2.08 bits per heavy atom. The molecule has 0 spiro atoms. The molecular weight excluding hydrogens is 322 g/mol. The third-order valence-electron chi connectivity index (χ3n) is 3.70. The highest BCUT2D eigenvalue weighted by Crippen LogP contribution is 2.37. The fourth-order valence-corrected chi connectivity index (χ4v) is 2.33. The van der Waals surface area contributed by atoms with Gasteiger partial charge in [-0.25, -0.2) is 4.98 Å². The zero-order chi connectivity index (χ0) is 18.0. The van der Waals surface area contributed by atoms with Crippen molar-refractivity contribution >= 4 is 17.7 Å². The summed E-state index contributed by atoms with van der Waals surface area (Å²) in [5, 5.41) is 9.31. The lowest BCUT2D eigenvalue weighted by Crippen LogP contribution is -2.11. The summed E-state index contributed by atoms with van der Waals surface area (Å²) in [4.78, 5) is 19.8. The second-order valence-corrected chi connectivity index (χ2v) is 5.59. The zero-order valence-electron chi connectivity index (χ0n) is 13.7. The van der Waals surface area contributed by atoms with Gasteiger partial charge in [0, 0.05) is 5.56 Å². The van der Waals surface area contributed by atoms with Crippen LogP contribution in [0.4, 0.5) is 11.8 Å². The van der Waals surface area contributed by atoms with E-state index < -0.39 is 0 Å². The first-order valence-electron chi connectivity index (χ1n) is 7.85. The van der Waals surface area contributed by atoms with Crippen LogP contribution in [0.5, 0.6) is 11.5 Å². The predicted octanol–water partition coefficient (Wildman–Crippen LogP) is 1.89. The Morgan fingerprint density at radius 3 is 2.72 bits per heavy atom. The van der Waals surface area contributed by atoms with E-state index >= 15 is 0 Å². The molecule has 128 valence electrons. The van der Waals surface area contributed by atoms with Crippen molar-refractivity contribution in [3.8, 4) is 28.8 Å². The van der Waals surface area contributed by atoms with Crippen molar-refractivity contribution in [3.05, 3.63) is 23.8 Å². The lowest BCUT2D eigenvalue weighted by atomic mass is 10.1. The number of carbonyl (C=O) groups excluding carboxylic acids is 1. The first-order valence-corrected chi connectivity index (χ1v) is 7.85. The lowest BCUT2D eigenvalue weighted by Gasteiger charge is -2.13. The highest BCUT2D eigenvalue weighted by atomic mass is 16.6. The van der Waals surface area contributed by atoms with Crippen molar-refractivity contribution in [2.24, 2.45) is 5.92 Å². The van der Waals surface area contributed by atoms with Crippen LogP contribution in [-0.2, 0) is 4.79 Å². The van der Waals surface area contributed by atoms with E-state index in [1.807, 2.05) is 13.0 Å². The van der Waals surface area contributed by atoms with Gasteiger partial charge >= 0.3 is 5.97 Å². The number of anilines is 2. The molecule has 1 saturated carbocycles. The monoisotopic (exact) mass is 339 g/mol. The molecule has 1 aliphatic carbocycles. The minimum absolute atomic E-state index is 0.00666. The number of hydrogen-bond donors (Lipinski definition) is 2. The summed E-state index contributed by atoms with van der Waals surface area (Å²) < 4.78 is 11.0. The molecule has 1 aliphatic rings. The molecule has 1 aromatic carbocycles. The second-order valence-electron chi connectivity index (χ2n) is 5.59. The van der Waals surface area contributed by atoms with Gasteiger partial charge in [-0.05, 0) is 38.0 Å². The highest BCUT2D eigenvalue weighted by Gasteiger charge is 2.32. The lowest BCUT2D eigenvalue weighted by molar-refractivity contribution is -0.135. The Kier molecular flexibility index (Phi) is 4.39. The Bertz CT molecular complexity index is 871. The summed E-state index contributed by atoms with van der Waals surface area (Å²) in [5.74, 6) is 0.397. The van der Waals surface area contributed by atoms with E-state index in [4.69, 9.17) is 20.9 Å². The average molecular weight is 339 g/mol. The normalized spacial score (nSPS) is 13.1.